The fourth-order valence-corrected chi connectivity index (χ4v) is 2.82. The van der Waals surface area contributed by atoms with Gasteiger partial charge in [-0.1, -0.05) is 23.7 Å². The minimum Gasteiger partial charge on any atom is -0.473 e. The highest BCUT2D eigenvalue weighted by atomic mass is 35.5. The number of carboxylic acids is 2. The molecule has 9 heteroatoms. The van der Waals surface area contributed by atoms with Gasteiger partial charge in [-0.2, -0.15) is 0 Å². The molecule has 0 aliphatic carbocycles. The number of hydrogen-bond acceptors (Lipinski definition) is 5. The average molecular weight is 406 g/mol. The van der Waals surface area contributed by atoms with E-state index in [1.54, 1.807) is 12.1 Å². The van der Waals surface area contributed by atoms with E-state index >= 15 is 0 Å². The molecule has 1 aliphatic heterocycles. The number of hydrogen-bond donors (Lipinski definition) is 2. The maximum atomic E-state index is 12.5. The Labute approximate surface area is 167 Å². The van der Waals surface area contributed by atoms with E-state index in [4.69, 9.17) is 31.4 Å². The summed E-state index contributed by atoms with van der Waals surface area (Å²) in [5.41, 5.74) is 1.72. The number of benzene rings is 1. The van der Waals surface area contributed by atoms with Crippen LogP contribution in [0, 0.1) is 0 Å². The Morgan fingerprint density at radius 3 is 2.18 bits per heavy atom. The van der Waals surface area contributed by atoms with Crippen LogP contribution in [-0.2, 0) is 16.1 Å². The van der Waals surface area contributed by atoms with E-state index in [9.17, 15) is 4.79 Å². The summed E-state index contributed by atoms with van der Waals surface area (Å²) in [6.07, 6.45) is 1.81. The molecular weight excluding hydrogens is 386 g/mol. The van der Waals surface area contributed by atoms with E-state index in [0.717, 1.165) is 38.4 Å². The first-order chi connectivity index (χ1) is 13.4. The van der Waals surface area contributed by atoms with Gasteiger partial charge in [0.25, 0.3) is 5.91 Å². The molecule has 0 spiro atoms. The van der Waals surface area contributed by atoms with Crippen molar-refractivity contribution in [3.05, 3.63) is 64.9 Å². The predicted molar refractivity (Wildman–Crippen MR) is 102 cm³/mol. The minimum absolute atomic E-state index is 0.0555. The SMILES string of the molecule is O=C(O)C(=O)O.O=C(c1cccc(Cl)c1)N1CCN(Cc2ccccn2)CC1. The van der Waals surface area contributed by atoms with Crippen LogP contribution >= 0.6 is 11.6 Å². The van der Waals surface area contributed by atoms with Crippen molar-refractivity contribution in [3.8, 4) is 0 Å². The molecule has 0 radical (unpaired) electrons. The Bertz CT molecular complexity index is 811. The van der Waals surface area contributed by atoms with Crippen molar-refractivity contribution >= 4 is 29.4 Å². The topological polar surface area (TPSA) is 111 Å². The highest BCUT2D eigenvalue weighted by molar-refractivity contribution is 6.31. The third kappa shape index (κ3) is 6.64. The normalized spacial score (nSPS) is 14.0. The number of aromatic nitrogens is 1. The van der Waals surface area contributed by atoms with E-state index in [2.05, 4.69) is 9.88 Å². The molecular formula is C19H20ClN3O5. The first kappa shape index (κ1) is 21.3. The van der Waals surface area contributed by atoms with Crippen LogP contribution in [0.2, 0.25) is 5.02 Å². The fourth-order valence-electron chi connectivity index (χ4n) is 2.63. The van der Waals surface area contributed by atoms with E-state index in [1.807, 2.05) is 41.4 Å². The number of halogens is 1. The van der Waals surface area contributed by atoms with Crippen molar-refractivity contribution < 1.29 is 24.6 Å². The maximum absolute atomic E-state index is 12.5. The minimum atomic E-state index is -1.82. The van der Waals surface area contributed by atoms with E-state index in [-0.39, 0.29) is 5.91 Å². The van der Waals surface area contributed by atoms with Crippen LogP contribution in [0.4, 0.5) is 0 Å². The standard InChI is InChI=1S/C17H18ClN3O.C2H2O4/c18-15-5-3-4-14(12-15)17(22)21-10-8-20(9-11-21)13-16-6-1-2-7-19-16;3-1(4)2(5)6/h1-7,12H,8-11,13H2;(H,3,4)(H,5,6). The molecule has 8 nitrogen and oxygen atoms in total. The molecule has 1 aliphatic rings. The summed E-state index contributed by atoms with van der Waals surface area (Å²) in [5, 5.41) is 15.4. The van der Waals surface area contributed by atoms with Gasteiger partial charge < -0.3 is 15.1 Å². The lowest BCUT2D eigenvalue weighted by Crippen LogP contribution is -2.48. The number of pyridine rings is 1. The van der Waals surface area contributed by atoms with Crippen LogP contribution in [0.15, 0.2) is 48.7 Å². The summed E-state index contributed by atoms with van der Waals surface area (Å²) in [5.74, 6) is -3.59. The van der Waals surface area contributed by atoms with Gasteiger partial charge in [0.2, 0.25) is 0 Å². The number of piperazine rings is 1. The molecule has 0 atom stereocenters. The van der Waals surface area contributed by atoms with Crippen LogP contribution in [-0.4, -0.2) is 69.0 Å². The van der Waals surface area contributed by atoms with Crippen molar-refractivity contribution in [1.82, 2.24) is 14.8 Å². The van der Waals surface area contributed by atoms with E-state index in [1.165, 1.54) is 0 Å². The van der Waals surface area contributed by atoms with Crippen molar-refractivity contribution in [2.75, 3.05) is 26.2 Å². The second kappa shape index (κ2) is 10.4. The zero-order chi connectivity index (χ0) is 20.5. The Hall–Kier alpha value is -2.97. The first-order valence-corrected chi connectivity index (χ1v) is 8.88. The molecule has 0 saturated carbocycles. The molecule has 1 fully saturated rings. The summed E-state index contributed by atoms with van der Waals surface area (Å²) in [4.78, 5) is 39.2. The Balaban J connectivity index is 0.000000409. The molecule has 1 saturated heterocycles. The Kier molecular flexibility index (Phi) is 7.91. The number of amides is 1. The van der Waals surface area contributed by atoms with Gasteiger partial charge in [-0.25, -0.2) is 9.59 Å². The van der Waals surface area contributed by atoms with E-state index < -0.39 is 11.9 Å². The zero-order valence-corrected chi connectivity index (χ0v) is 15.7. The predicted octanol–water partition coefficient (Wildman–Crippen LogP) is 1.85. The third-order valence-electron chi connectivity index (χ3n) is 4.03. The summed E-state index contributed by atoms with van der Waals surface area (Å²) in [6, 6.07) is 13.1. The van der Waals surface area contributed by atoms with Gasteiger partial charge in [-0.05, 0) is 30.3 Å². The molecule has 1 aromatic carbocycles. The second-order valence-corrected chi connectivity index (χ2v) is 6.45. The van der Waals surface area contributed by atoms with Crippen LogP contribution in [0.3, 0.4) is 0 Å². The van der Waals surface area contributed by atoms with Gasteiger partial charge in [0.15, 0.2) is 0 Å². The summed E-state index contributed by atoms with van der Waals surface area (Å²) >= 11 is 5.96. The fraction of sp³-hybridized carbons (Fsp3) is 0.263. The summed E-state index contributed by atoms with van der Waals surface area (Å²) < 4.78 is 0. The number of carbonyl (C=O) groups is 3. The van der Waals surface area contributed by atoms with Gasteiger partial charge in [-0.15, -0.1) is 0 Å². The molecule has 3 rings (SSSR count). The average Bonchev–Trinajstić information content (AvgIpc) is 2.69. The highest BCUT2D eigenvalue weighted by Gasteiger charge is 2.22. The lowest BCUT2D eigenvalue weighted by molar-refractivity contribution is -0.159. The Morgan fingerprint density at radius 1 is 0.964 bits per heavy atom. The van der Waals surface area contributed by atoms with Crippen LogP contribution in [0.1, 0.15) is 16.1 Å². The largest absolute Gasteiger partial charge is 0.473 e. The number of carbonyl (C=O) groups excluding carboxylic acids is 1. The molecule has 2 N–H and O–H groups in total. The lowest BCUT2D eigenvalue weighted by Gasteiger charge is -2.34. The third-order valence-corrected chi connectivity index (χ3v) is 4.26. The van der Waals surface area contributed by atoms with Gasteiger partial charge in [-0.3, -0.25) is 14.7 Å². The van der Waals surface area contributed by atoms with Gasteiger partial charge >= 0.3 is 11.9 Å². The summed E-state index contributed by atoms with van der Waals surface area (Å²) in [7, 11) is 0. The van der Waals surface area contributed by atoms with Crippen molar-refractivity contribution in [1.29, 1.82) is 0 Å². The number of aliphatic carboxylic acids is 2. The van der Waals surface area contributed by atoms with Gasteiger partial charge in [0, 0.05) is 49.5 Å². The zero-order valence-electron chi connectivity index (χ0n) is 15.0. The highest BCUT2D eigenvalue weighted by Crippen LogP contribution is 2.14. The molecule has 1 aromatic heterocycles. The van der Waals surface area contributed by atoms with E-state index in [0.29, 0.717) is 10.6 Å². The van der Waals surface area contributed by atoms with Gasteiger partial charge in [0.05, 0.1) is 5.69 Å². The molecule has 148 valence electrons. The van der Waals surface area contributed by atoms with Crippen molar-refractivity contribution in [3.63, 3.8) is 0 Å². The van der Waals surface area contributed by atoms with Crippen molar-refractivity contribution in [2.24, 2.45) is 0 Å². The number of rotatable bonds is 3. The Morgan fingerprint density at radius 2 is 1.64 bits per heavy atom. The van der Waals surface area contributed by atoms with Gasteiger partial charge in [0.1, 0.15) is 0 Å². The smallest absolute Gasteiger partial charge is 0.414 e. The molecule has 1 amide bonds. The lowest BCUT2D eigenvalue weighted by atomic mass is 10.2. The number of nitrogens with zero attached hydrogens (tertiary/aromatic N) is 3. The molecule has 0 bridgehead atoms. The van der Waals surface area contributed by atoms with Crippen LogP contribution in [0.25, 0.3) is 0 Å². The summed E-state index contributed by atoms with van der Waals surface area (Å²) in [6.45, 7) is 4.03. The maximum Gasteiger partial charge on any atom is 0.414 e. The second-order valence-electron chi connectivity index (χ2n) is 6.01. The molecule has 2 heterocycles. The molecule has 2 aromatic rings. The quantitative estimate of drug-likeness (QED) is 0.749. The number of carboxylic acid groups (broad SMARTS) is 2. The van der Waals surface area contributed by atoms with Crippen LogP contribution < -0.4 is 0 Å². The van der Waals surface area contributed by atoms with Crippen molar-refractivity contribution in [2.45, 2.75) is 6.54 Å². The first-order valence-electron chi connectivity index (χ1n) is 8.50. The monoisotopic (exact) mass is 405 g/mol. The molecule has 0 unspecified atom stereocenters. The van der Waals surface area contributed by atoms with Crippen LogP contribution in [0.5, 0.6) is 0 Å². The molecule has 28 heavy (non-hydrogen) atoms.